The minimum absolute atomic E-state index is 0.134. The van der Waals surface area contributed by atoms with Crippen LogP contribution in [-0.2, 0) is 0 Å². The van der Waals surface area contributed by atoms with Crippen molar-refractivity contribution in [1.82, 2.24) is 0 Å². The van der Waals surface area contributed by atoms with Crippen molar-refractivity contribution < 1.29 is 4.92 Å². The van der Waals surface area contributed by atoms with Gasteiger partial charge in [-0.1, -0.05) is 26.7 Å². The lowest BCUT2D eigenvalue weighted by atomic mass is 10.0. The highest BCUT2D eigenvalue weighted by Gasteiger charge is 2.15. The summed E-state index contributed by atoms with van der Waals surface area (Å²) in [6.45, 7) is 8.25. The maximum Gasteiger partial charge on any atom is 0.273 e. The first kappa shape index (κ1) is 16.3. The van der Waals surface area contributed by atoms with Crippen molar-refractivity contribution in [2.24, 2.45) is 5.92 Å². The summed E-state index contributed by atoms with van der Waals surface area (Å²) in [4.78, 5) is 12.9. The molecule has 0 unspecified atom stereocenters. The average Bonchev–Trinajstić information content (AvgIpc) is 2.48. The molecule has 0 saturated carbocycles. The first-order valence-electron chi connectivity index (χ1n) is 7.27. The van der Waals surface area contributed by atoms with Gasteiger partial charge >= 0.3 is 0 Å². The molecule has 0 heterocycles. The number of benzene rings is 1. The molecule has 0 fully saturated rings. The summed E-state index contributed by atoms with van der Waals surface area (Å²) < 4.78 is 0. The molecule has 0 atom stereocenters. The summed E-state index contributed by atoms with van der Waals surface area (Å²) >= 11 is 0. The highest BCUT2D eigenvalue weighted by Crippen LogP contribution is 2.28. The molecule has 0 amide bonds. The standard InChI is InChI=1S/C15H25N3O2/c1-5-12(6-2)11-17(7-3)14-8-13(16-4)9-15(10-14)18(19)20/h8-10,12,16H,5-7,11H2,1-4H3. The van der Waals surface area contributed by atoms with E-state index in [-0.39, 0.29) is 10.6 Å². The molecule has 0 bridgehead atoms. The van der Waals surface area contributed by atoms with Crippen molar-refractivity contribution in [2.75, 3.05) is 30.4 Å². The van der Waals surface area contributed by atoms with Crippen LogP contribution in [0.1, 0.15) is 33.6 Å². The summed E-state index contributed by atoms with van der Waals surface area (Å²) in [7, 11) is 1.78. The van der Waals surface area contributed by atoms with Crippen molar-refractivity contribution in [1.29, 1.82) is 0 Å². The Kier molecular flexibility index (Phi) is 6.28. The van der Waals surface area contributed by atoms with E-state index in [0.717, 1.165) is 37.3 Å². The highest BCUT2D eigenvalue weighted by atomic mass is 16.6. The lowest BCUT2D eigenvalue weighted by Crippen LogP contribution is -2.29. The van der Waals surface area contributed by atoms with E-state index in [1.165, 1.54) is 0 Å². The van der Waals surface area contributed by atoms with Crippen LogP contribution in [0.25, 0.3) is 0 Å². The van der Waals surface area contributed by atoms with Crippen LogP contribution in [0.2, 0.25) is 0 Å². The summed E-state index contributed by atoms with van der Waals surface area (Å²) in [5.41, 5.74) is 1.82. The maximum atomic E-state index is 11.0. The zero-order valence-electron chi connectivity index (χ0n) is 12.8. The zero-order chi connectivity index (χ0) is 15.1. The fourth-order valence-electron chi connectivity index (χ4n) is 2.30. The van der Waals surface area contributed by atoms with E-state index < -0.39 is 0 Å². The molecule has 0 aromatic heterocycles. The van der Waals surface area contributed by atoms with Crippen molar-refractivity contribution in [3.8, 4) is 0 Å². The Hall–Kier alpha value is -1.78. The molecular weight excluding hydrogens is 254 g/mol. The van der Waals surface area contributed by atoms with Gasteiger partial charge in [0.2, 0.25) is 0 Å². The third-order valence-corrected chi connectivity index (χ3v) is 3.78. The predicted molar refractivity (Wildman–Crippen MR) is 84.6 cm³/mol. The topological polar surface area (TPSA) is 58.4 Å². The Bertz CT molecular complexity index is 445. The molecule has 0 aliphatic carbocycles. The van der Waals surface area contributed by atoms with Crippen molar-refractivity contribution >= 4 is 17.1 Å². The molecule has 0 saturated heterocycles. The third kappa shape index (κ3) is 4.11. The molecule has 0 aliphatic rings. The molecule has 1 rings (SSSR count). The van der Waals surface area contributed by atoms with E-state index in [9.17, 15) is 10.1 Å². The van der Waals surface area contributed by atoms with Gasteiger partial charge in [-0.05, 0) is 18.9 Å². The van der Waals surface area contributed by atoms with Crippen LogP contribution >= 0.6 is 0 Å². The maximum absolute atomic E-state index is 11.0. The van der Waals surface area contributed by atoms with Gasteiger partial charge < -0.3 is 10.2 Å². The van der Waals surface area contributed by atoms with Crippen LogP contribution in [0.15, 0.2) is 18.2 Å². The van der Waals surface area contributed by atoms with Crippen LogP contribution in [0.4, 0.5) is 17.1 Å². The molecule has 0 aliphatic heterocycles. The van der Waals surface area contributed by atoms with Gasteiger partial charge in [0.25, 0.3) is 5.69 Å². The molecule has 112 valence electrons. The first-order valence-corrected chi connectivity index (χ1v) is 7.27. The Balaban J connectivity index is 3.07. The highest BCUT2D eigenvalue weighted by molar-refractivity contribution is 5.64. The van der Waals surface area contributed by atoms with E-state index >= 15 is 0 Å². The number of nitrogens with zero attached hydrogens (tertiary/aromatic N) is 2. The molecule has 20 heavy (non-hydrogen) atoms. The number of hydrogen-bond acceptors (Lipinski definition) is 4. The summed E-state index contributed by atoms with van der Waals surface area (Å²) in [5, 5.41) is 14.0. The van der Waals surface area contributed by atoms with Crippen LogP contribution in [-0.4, -0.2) is 25.1 Å². The number of rotatable bonds is 8. The summed E-state index contributed by atoms with van der Waals surface area (Å²) in [6.07, 6.45) is 2.25. The number of nitrogens with one attached hydrogen (secondary N) is 1. The van der Waals surface area contributed by atoms with Crippen molar-refractivity contribution in [3.63, 3.8) is 0 Å². The number of hydrogen-bond donors (Lipinski definition) is 1. The largest absolute Gasteiger partial charge is 0.388 e. The molecule has 1 aromatic rings. The second-order valence-electron chi connectivity index (χ2n) is 4.97. The average molecular weight is 279 g/mol. The van der Waals surface area contributed by atoms with Crippen molar-refractivity contribution in [2.45, 2.75) is 33.6 Å². The first-order chi connectivity index (χ1) is 9.55. The Morgan fingerprint density at radius 1 is 1.25 bits per heavy atom. The van der Waals surface area contributed by atoms with Crippen LogP contribution in [0.3, 0.4) is 0 Å². The lowest BCUT2D eigenvalue weighted by Gasteiger charge is -2.27. The van der Waals surface area contributed by atoms with E-state index in [2.05, 4.69) is 31.0 Å². The quantitative estimate of drug-likeness (QED) is 0.579. The van der Waals surface area contributed by atoms with Gasteiger partial charge in [0, 0.05) is 43.6 Å². The van der Waals surface area contributed by atoms with E-state index in [1.807, 2.05) is 6.07 Å². The summed E-state index contributed by atoms with van der Waals surface area (Å²) in [5.74, 6) is 0.618. The normalized spacial score (nSPS) is 10.7. The molecule has 5 nitrogen and oxygen atoms in total. The molecule has 1 aromatic carbocycles. The third-order valence-electron chi connectivity index (χ3n) is 3.78. The Labute approximate surface area is 121 Å². The smallest absolute Gasteiger partial charge is 0.273 e. The van der Waals surface area contributed by atoms with Crippen molar-refractivity contribution in [3.05, 3.63) is 28.3 Å². The minimum Gasteiger partial charge on any atom is -0.388 e. The van der Waals surface area contributed by atoms with Gasteiger partial charge in [-0.15, -0.1) is 0 Å². The molecule has 0 radical (unpaired) electrons. The van der Waals surface area contributed by atoms with Crippen LogP contribution in [0.5, 0.6) is 0 Å². The number of nitro benzene ring substituents is 1. The van der Waals surface area contributed by atoms with E-state index in [1.54, 1.807) is 19.2 Å². The SMILES string of the molecule is CCC(CC)CN(CC)c1cc(NC)cc([N+](=O)[O-])c1. The van der Waals surface area contributed by atoms with Gasteiger partial charge in [-0.2, -0.15) is 0 Å². The molecule has 0 spiro atoms. The summed E-state index contributed by atoms with van der Waals surface area (Å²) in [6, 6.07) is 5.19. The second kappa shape index (κ2) is 7.72. The molecule has 1 N–H and O–H groups in total. The number of nitro groups is 1. The number of non-ortho nitro benzene ring substituents is 1. The fraction of sp³-hybridized carbons (Fsp3) is 0.600. The minimum atomic E-state index is -0.338. The predicted octanol–water partition coefficient (Wildman–Crippen LogP) is 3.90. The van der Waals surface area contributed by atoms with Crippen LogP contribution in [0, 0.1) is 16.0 Å². The van der Waals surface area contributed by atoms with E-state index in [0.29, 0.717) is 5.92 Å². The lowest BCUT2D eigenvalue weighted by molar-refractivity contribution is -0.384. The molecular formula is C15H25N3O2. The van der Waals surface area contributed by atoms with Gasteiger partial charge in [0.05, 0.1) is 4.92 Å². The Morgan fingerprint density at radius 3 is 2.35 bits per heavy atom. The van der Waals surface area contributed by atoms with Gasteiger partial charge in [0.1, 0.15) is 0 Å². The molecule has 5 heteroatoms. The second-order valence-corrected chi connectivity index (χ2v) is 4.97. The van der Waals surface area contributed by atoms with Gasteiger partial charge in [-0.25, -0.2) is 0 Å². The van der Waals surface area contributed by atoms with Gasteiger partial charge in [0.15, 0.2) is 0 Å². The monoisotopic (exact) mass is 279 g/mol. The van der Waals surface area contributed by atoms with Gasteiger partial charge in [-0.3, -0.25) is 10.1 Å². The van der Waals surface area contributed by atoms with Crippen LogP contribution < -0.4 is 10.2 Å². The van der Waals surface area contributed by atoms with E-state index in [4.69, 9.17) is 0 Å². The Morgan fingerprint density at radius 2 is 1.90 bits per heavy atom. The number of anilines is 2. The zero-order valence-corrected chi connectivity index (χ0v) is 12.8. The fourth-order valence-corrected chi connectivity index (χ4v) is 2.30.